The van der Waals surface area contributed by atoms with Gasteiger partial charge in [0.25, 0.3) is 15.2 Å². The van der Waals surface area contributed by atoms with Gasteiger partial charge in [-0.05, 0) is 72.8 Å². The van der Waals surface area contributed by atoms with Gasteiger partial charge in [-0.3, -0.25) is 9.52 Å². The number of hydrogen-bond donors (Lipinski definition) is 1. The molecule has 4 rings (SSSR count). The Balaban J connectivity index is 1.38. The predicted octanol–water partition coefficient (Wildman–Crippen LogP) is 4.66. The fourth-order valence-corrected chi connectivity index (χ4v) is 4.60. The van der Waals surface area contributed by atoms with Gasteiger partial charge in [-0.2, -0.15) is 0 Å². The van der Waals surface area contributed by atoms with Crippen LogP contribution in [0.3, 0.4) is 0 Å². The number of Topliss-reactive ketones (excluding diaryl/α,β-unsaturated/α-hetero) is 1. The standard InChI is InChI=1S/C23H18FN3O5S2/c1-31-19-10-12-20(13-11-19)34(29,30)27-18-8-4-16(5-9-18)22-25-26-23(32-22)33-14-21(28)15-2-6-17(24)7-3-15/h2-13,27H,14H2,1H3. The highest BCUT2D eigenvalue weighted by atomic mass is 32.2. The molecule has 1 aromatic heterocycles. The number of benzene rings is 3. The number of nitrogens with zero attached hydrogens (tertiary/aromatic N) is 2. The molecule has 0 aliphatic rings. The molecule has 174 valence electrons. The zero-order valence-electron chi connectivity index (χ0n) is 17.8. The van der Waals surface area contributed by atoms with Crippen LogP contribution in [-0.2, 0) is 10.0 Å². The molecule has 1 heterocycles. The zero-order valence-corrected chi connectivity index (χ0v) is 19.4. The molecular weight excluding hydrogens is 481 g/mol. The monoisotopic (exact) mass is 499 g/mol. The lowest BCUT2D eigenvalue weighted by Gasteiger charge is -2.09. The third-order valence-corrected chi connectivity index (χ3v) is 6.87. The van der Waals surface area contributed by atoms with E-state index < -0.39 is 15.8 Å². The molecule has 0 radical (unpaired) electrons. The molecule has 0 amide bonds. The number of carbonyl (C=O) groups excluding carboxylic acids is 1. The number of ketones is 1. The Labute approximate surface area is 199 Å². The van der Waals surface area contributed by atoms with Crippen molar-refractivity contribution in [2.75, 3.05) is 17.6 Å². The summed E-state index contributed by atoms with van der Waals surface area (Å²) in [5.74, 6) is 0.226. The van der Waals surface area contributed by atoms with E-state index in [2.05, 4.69) is 14.9 Å². The number of nitrogens with one attached hydrogen (secondary N) is 1. The van der Waals surface area contributed by atoms with Crippen molar-refractivity contribution in [2.45, 2.75) is 10.1 Å². The van der Waals surface area contributed by atoms with Crippen LogP contribution in [0.25, 0.3) is 11.5 Å². The highest BCUT2D eigenvalue weighted by Gasteiger charge is 2.16. The second kappa shape index (κ2) is 10.1. The van der Waals surface area contributed by atoms with Gasteiger partial charge < -0.3 is 9.15 Å². The van der Waals surface area contributed by atoms with E-state index in [4.69, 9.17) is 9.15 Å². The molecule has 0 fully saturated rings. The SMILES string of the molecule is COc1ccc(S(=O)(=O)Nc2ccc(-c3nnc(SCC(=O)c4ccc(F)cc4)o3)cc2)cc1. The normalized spacial score (nSPS) is 11.2. The Morgan fingerprint density at radius 2 is 1.68 bits per heavy atom. The molecule has 34 heavy (non-hydrogen) atoms. The van der Waals surface area contributed by atoms with Crippen LogP contribution in [0.2, 0.25) is 0 Å². The second-order valence-corrected chi connectivity index (χ2v) is 9.56. The highest BCUT2D eigenvalue weighted by Crippen LogP contribution is 2.26. The topological polar surface area (TPSA) is 111 Å². The number of carbonyl (C=O) groups is 1. The quantitative estimate of drug-likeness (QED) is 0.261. The van der Waals surface area contributed by atoms with Crippen LogP contribution >= 0.6 is 11.8 Å². The minimum atomic E-state index is -3.77. The van der Waals surface area contributed by atoms with E-state index in [-0.39, 0.29) is 27.5 Å². The number of sulfonamides is 1. The molecule has 4 aromatic rings. The van der Waals surface area contributed by atoms with E-state index in [1.54, 1.807) is 36.4 Å². The maximum absolute atomic E-state index is 13.0. The van der Waals surface area contributed by atoms with E-state index in [9.17, 15) is 17.6 Å². The third kappa shape index (κ3) is 5.61. The molecule has 0 spiro atoms. The summed E-state index contributed by atoms with van der Waals surface area (Å²) in [4.78, 5) is 12.3. The minimum absolute atomic E-state index is 0.0549. The average molecular weight is 500 g/mol. The van der Waals surface area contributed by atoms with Crippen molar-refractivity contribution in [3.63, 3.8) is 0 Å². The molecule has 0 atom stereocenters. The first-order chi connectivity index (χ1) is 16.3. The van der Waals surface area contributed by atoms with Gasteiger partial charge in [0, 0.05) is 16.8 Å². The van der Waals surface area contributed by atoms with Crippen molar-refractivity contribution in [3.05, 3.63) is 84.2 Å². The summed E-state index contributed by atoms with van der Waals surface area (Å²) >= 11 is 1.07. The number of methoxy groups -OCH3 is 1. The Hall–Kier alpha value is -3.70. The summed E-state index contributed by atoms with van der Waals surface area (Å²) in [6, 6.07) is 17.7. The van der Waals surface area contributed by atoms with Gasteiger partial charge in [-0.25, -0.2) is 12.8 Å². The number of ether oxygens (including phenoxy) is 1. The maximum Gasteiger partial charge on any atom is 0.277 e. The smallest absolute Gasteiger partial charge is 0.277 e. The van der Waals surface area contributed by atoms with E-state index in [0.717, 1.165) is 11.8 Å². The molecular formula is C23H18FN3O5S2. The first kappa shape index (κ1) is 23.5. The van der Waals surface area contributed by atoms with Crippen molar-refractivity contribution in [2.24, 2.45) is 0 Å². The van der Waals surface area contributed by atoms with E-state index >= 15 is 0 Å². The zero-order chi connectivity index (χ0) is 24.1. The molecule has 8 nitrogen and oxygen atoms in total. The van der Waals surface area contributed by atoms with Crippen molar-refractivity contribution in [1.82, 2.24) is 10.2 Å². The predicted molar refractivity (Wildman–Crippen MR) is 125 cm³/mol. The second-order valence-electron chi connectivity index (χ2n) is 6.95. The Bertz CT molecular complexity index is 1390. The van der Waals surface area contributed by atoms with Gasteiger partial charge in [0.15, 0.2) is 5.78 Å². The Morgan fingerprint density at radius 3 is 2.32 bits per heavy atom. The Kier molecular flexibility index (Phi) is 6.94. The summed E-state index contributed by atoms with van der Waals surface area (Å²) in [5.41, 5.74) is 1.33. The number of thioether (sulfide) groups is 1. The van der Waals surface area contributed by atoms with Gasteiger partial charge in [-0.15, -0.1) is 10.2 Å². The van der Waals surface area contributed by atoms with Crippen molar-refractivity contribution in [1.29, 1.82) is 0 Å². The summed E-state index contributed by atoms with van der Waals surface area (Å²) in [5, 5.41) is 8.09. The van der Waals surface area contributed by atoms with Gasteiger partial charge in [0.1, 0.15) is 11.6 Å². The first-order valence-corrected chi connectivity index (χ1v) is 12.3. The highest BCUT2D eigenvalue weighted by molar-refractivity contribution is 7.99. The fourth-order valence-electron chi connectivity index (χ4n) is 2.88. The molecule has 0 aliphatic carbocycles. The van der Waals surface area contributed by atoms with E-state index in [0.29, 0.717) is 22.6 Å². The molecule has 0 saturated carbocycles. The van der Waals surface area contributed by atoms with E-state index in [1.807, 2.05) is 0 Å². The van der Waals surface area contributed by atoms with Crippen LogP contribution in [0.1, 0.15) is 10.4 Å². The van der Waals surface area contributed by atoms with Crippen molar-refractivity contribution < 1.29 is 26.8 Å². The largest absolute Gasteiger partial charge is 0.497 e. The van der Waals surface area contributed by atoms with Crippen LogP contribution < -0.4 is 9.46 Å². The van der Waals surface area contributed by atoms with Gasteiger partial charge in [-0.1, -0.05) is 11.8 Å². The summed E-state index contributed by atoms with van der Waals surface area (Å²) < 4.78 is 51.2. The van der Waals surface area contributed by atoms with Crippen LogP contribution in [0.5, 0.6) is 5.75 Å². The molecule has 0 aliphatic heterocycles. The lowest BCUT2D eigenvalue weighted by atomic mass is 10.1. The third-order valence-electron chi connectivity index (χ3n) is 4.65. The molecule has 3 aromatic carbocycles. The van der Waals surface area contributed by atoms with Crippen LogP contribution in [0.4, 0.5) is 10.1 Å². The number of halogens is 1. The number of hydrogen-bond acceptors (Lipinski definition) is 8. The summed E-state index contributed by atoms with van der Waals surface area (Å²) in [6.07, 6.45) is 0. The molecule has 0 unspecified atom stereocenters. The molecule has 1 N–H and O–H groups in total. The molecule has 11 heteroatoms. The fraction of sp³-hybridized carbons (Fsp3) is 0.0870. The van der Waals surface area contributed by atoms with Crippen molar-refractivity contribution in [3.8, 4) is 17.2 Å². The van der Waals surface area contributed by atoms with E-state index in [1.165, 1.54) is 43.5 Å². The number of rotatable bonds is 9. The van der Waals surface area contributed by atoms with Gasteiger partial charge in [0.2, 0.25) is 5.89 Å². The maximum atomic E-state index is 13.0. The van der Waals surface area contributed by atoms with Crippen molar-refractivity contribution >= 4 is 33.3 Å². The first-order valence-electron chi connectivity index (χ1n) is 9.86. The van der Waals surface area contributed by atoms with Crippen LogP contribution in [0, 0.1) is 5.82 Å². The van der Waals surface area contributed by atoms with Crippen LogP contribution in [-0.4, -0.2) is 37.3 Å². The minimum Gasteiger partial charge on any atom is -0.497 e. The van der Waals surface area contributed by atoms with Crippen LogP contribution in [0.15, 0.2) is 87.3 Å². The average Bonchev–Trinajstić information content (AvgIpc) is 3.32. The lowest BCUT2D eigenvalue weighted by Crippen LogP contribution is -2.12. The summed E-state index contributed by atoms with van der Waals surface area (Å²) in [7, 11) is -2.26. The van der Waals surface area contributed by atoms with Gasteiger partial charge in [0.05, 0.1) is 17.8 Å². The Morgan fingerprint density at radius 1 is 1.00 bits per heavy atom. The lowest BCUT2D eigenvalue weighted by molar-refractivity contribution is 0.102. The number of anilines is 1. The summed E-state index contributed by atoms with van der Waals surface area (Å²) in [6.45, 7) is 0. The molecule has 0 bridgehead atoms. The molecule has 0 saturated heterocycles. The van der Waals surface area contributed by atoms with Gasteiger partial charge >= 0.3 is 0 Å². The number of aromatic nitrogens is 2.